The van der Waals surface area contributed by atoms with E-state index in [0.717, 1.165) is 16.1 Å². The maximum Gasteiger partial charge on any atom is 0.233 e. The van der Waals surface area contributed by atoms with Gasteiger partial charge in [0.15, 0.2) is 0 Å². The first kappa shape index (κ1) is 27.3. The number of rotatable bonds is 8. The first-order valence-corrected chi connectivity index (χ1v) is 13.9. The molecule has 3 aromatic rings. The lowest BCUT2D eigenvalue weighted by atomic mass is 9.78. The van der Waals surface area contributed by atoms with Crippen molar-refractivity contribution >= 4 is 21.6 Å². The number of hydrogen-bond donors (Lipinski definition) is 2. The molecule has 9 heteroatoms. The lowest BCUT2D eigenvalue weighted by molar-refractivity contribution is -0.131. The predicted octanol–water partition coefficient (Wildman–Crippen LogP) is 3.99. The van der Waals surface area contributed by atoms with Crippen LogP contribution in [0.15, 0.2) is 72.8 Å². The Morgan fingerprint density at radius 3 is 2.26 bits per heavy atom. The first-order valence-electron chi connectivity index (χ1n) is 12.1. The van der Waals surface area contributed by atoms with E-state index in [4.69, 9.17) is 0 Å². The number of anilines is 1. The second-order valence-corrected chi connectivity index (χ2v) is 11.5. The van der Waals surface area contributed by atoms with Gasteiger partial charge in [0.1, 0.15) is 11.6 Å². The number of benzene rings is 3. The Morgan fingerprint density at radius 1 is 1.03 bits per heavy atom. The molecule has 198 valence electrons. The fraction of sp³-hybridized carbons (Fsp3) is 0.276. The van der Waals surface area contributed by atoms with Crippen molar-refractivity contribution in [2.75, 3.05) is 24.7 Å². The highest BCUT2D eigenvalue weighted by atomic mass is 32.2. The zero-order valence-corrected chi connectivity index (χ0v) is 21.9. The van der Waals surface area contributed by atoms with Crippen LogP contribution in [-0.2, 0) is 14.8 Å². The second-order valence-electron chi connectivity index (χ2n) is 9.36. The molecule has 2 N–H and O–H groups in total. The summed E-state index contributed by atoms with van der Waals surface area (Å²) in [5.74, 6) is 5.05. The number of hydrogen-bond acceptors (Lipinski definition) is 5. The van der Waals surface area contributed by atoms with Gasteiger partial charge in [0.25, 0.3) is 0 Å². The normalized spacial score (nSPS) is 18.0. The number of amides is 1. The minimum atomic E-state index is -3.31. The molecule has 3 aromatic carbocycles. The fourth-order valence-corrected chi connectivity index (χ4v) is 4.73. The molecule has 38 heavy (non-hydrogen) atoms. The number of nitrogens with zero attached hydrogens (tertiary/aromatic N) is 2. The number of aromatic hydroxyl groups is 1. The van der Waals surface area contributed by atoms with Gasteiger partial charge in [-0.2, -0.15) is 4.31 Å². The molecule has 1 unspecified atom stereocenters. The molecule has 0 radical (unpaired) electrons. The van der Waals surface area contributed by atoms with E-state index in [1.165, 1.54) is 31.3 Å². The van der Waals surface area contributed by atoms with E-state index in [1.54, 1.807) is 53.4 Å². The van der Waals surface area contributed by atoms with Crippen molar-refractivity contribution in [3.63, 3.8) is 0 Å². The molecular weight excluding hydrogens is 507 g/mol. The van der Waals surface area contributed by atoms with E-state index in [9.17, 15) is 27.8 Å². The molecule has 1 heterocycles. The lowest BCUT2D eigenvalue weighted by Gasteiger charge is -2.48. The van der Waals surface area contributed by atoms with Gasteiger partial charge in [-0.3, -0.25) is 4.79 Å². The maximum atomic E-state index is 13.3. The first-order chi connectivity index (χ1) is 18.0. The van der Waals surface area contributed by atoms with Gasteiger partial charge >= 0.3 is 0 Å². The van der Waals surface area contributed by atoms with Crippen molar-refractivity contribution < 1.29 is 27.8 Å². The number of aliphatic hydroxyl groups excluding tert-OH is 1. The summed E-state index contributed by atoms with van der Waals surface area (Å²) < 4.78 is 37.4. The van der Waals surface area contributed by atoms with Crippen LogP contribution in [0.1, 0.15) is 41.7 Å². The number of β-lactam (4-membered cyclic amide) rings is 1. The van der Waals surface area contributed by atoms with Crippen LogP contribution in [0.5, 0.6) is 5.75 Å². The summed E-state index contributed by atoms with van der Waals surface area (Å²) in [6, 6.07) is 19.2. The van der Waals surface area contributed by atoms with Crippen LogP contribution in [0, 0.1) is 23.6 Å². The number of sulfonamides is 1. The quantitative estimate of drug-likeness (QED) is 0.335. The Hall–Kier alpha value is -3.71. The number of carbonyl (C=O) groups excluding carboxylic acids is 1. The summed E-state index contributed by atoms with van der Waals surface area (Å²) in [7, 11) is -1.85. The summed E-state index contributed by atoms with van der Waals surface area (Å²) in [4.78, 5) is 15.0. The van der Waals surface area contributed by atoms with Crippen LogP contribution >= 0.6 is 0 Å². The molecule has 1 saturated heterocycles. The van der Waals surface area contributed by atoms with E-state index in [2.05, 4.69) is 11.8 Å². The van der Waals surface area contributed by atoms with E-state index in [-0.39, 0.29) is 36.0 Å². The number of phenolic OH excluding ortho intramolecular Hbond substituents is 1. The predicted molar refractivity (Wildman–Crippen MR) is 143 cm³/mol. The molecule has 0 saturated carbocycles. The van der Waals surface area contributed by atoms with Gasteiger partial charge in [-0.05, 0) is 72.5 Å². The van der Waals surface area contributed by atoms with E-state index >= 15 is 0 Å². The average molecular weight is 537 g/mol. The molecular formula is C29H29FN2O5S. The highest BCUT2D eigenvalue weighted by molar-refractivity contribution is 7.88. The summed E-state index contributed by atoms with van der Waals surface area (Å²) in [6.45, 7) is 0.0690. The van der Waals surface area contributed by atoms with Crippen molar-refractivity contribution in [1.29, 1.82) is 0 Å². The summed E-state index contributed by atoms with van der Waals surface area (Å²) in [5, 5.41) is 20.3. The Labute approximate surface area is 222 Å². The Bertz CT molecular complexity index is 1450. The van der Waals surface area contributed by atoms with Crippen LogP contribution < -0.4 is 4.90 Å². The Kier molecular flexibility index (Phi) is 8.17. The third-order valence-corrected chi connectivity index (χ3v) is 7.96. The number of halogens is 1. The molecule has 7 nitrogen and oxygen atoms in total. The second kappa shape index (κ2) is 11.4. The molecule has 1 fully saturated rings. The van der Waals surface area contributed by atoms with Crippen molar-refractivity contribution in [3.05, 3.63) is 95.3 Å². The van der Waals surface area contributed by atoms with Gasteiger partial charge < -0.3 is 15.1 Å². The summed E-state index contributed by atoms with van der Waals surface area (Å²) in [5.41, 5.74) is 2.82. The van der Waals surface area contributed by atoms with Crippen LogP contribution in [0.3, 0.4) is 0 Å². The van der Waals surface area contributed by atoms with Crippen molar-refractivity contribution in [1.82, 2.24) is 4.31 Å². The van der Waals surface area contributed by atoms with Crippen LogP contribution in [0.4, 0.5) is 10.1 Å². The van der Waals surface area contributed by atoms with Gasteiger partial charge in [-0.1, -0.05) is 36.1 Å². The van der Waals surface area contributed by atoms with Crippen LogP contribution in [0.2, 0.25) is 0 Å². The highest BCUT2D eigenvalue weighted by Gasteiger charge is 2.48. The molecule has 0 aliphatic carbocycles. The molecule has 1 amide bonds. The number of carbonyl (C=O) groups is 1. The number of phenols is 1. The largest absolute Gasteiger partial charge is 0.508 e. The van der Waals surface area contributed by atoms with E-state index < -0.39 is 16.1 Å². The minimum Gasteiger partial charge on any atom is -0.508 e. The lowest BCUT2D eigenvalue weighted by Crippen LogP contribution is -2.55. The van der Waals surface area contributed by atoms with Gasteiger partial charge in [0.2, 0.25) is 15.9 Å². The topological polar surface area (TPSA) is 98.2 Å². The fourth-order valence-electron chi connectivity index (χ4n) is 4.44. The maximum absolute atomic E-state index is 13.3. The van der Waals surface area contributed by atoms with E-state index in [1.807, 2.05) is 0 Å². The number of aliphatic hydroxyl groups is 1. The monoisotopic (exact) mass is 536 g/mol. The third-order valence-electron chi connectivity index (χ3n) is 6.70. The van der Waals surface area contributed by atoms with Crippen LogP contribution in [0.25, 0.3) is 0 Å². The van der Waals surface area contributed by atoms with Crippen molar-refractivity contribution in [2.45, 2.75) is 25.0 Å². The van der Waals surface area contributed by atoms with Gasteiger partial charge in [0.05, 0.1) is 30.9 Å². The average Bonchev–Trinajstić information content (AvgIpc) is 2.88. The molecule has 4 rings (SSSR count). The molecule has 3 atom stereocenters. The molecule has 0 aromatic heterocycles. The molecule has 1 aliphatic heterocycles. The minimum absolute atomic E-state index is 0.0690. The SMILES string of the molecule is CN(CC#Cc1ccc(N2C(=O)[C@H](CC[C@H](O)c3ccc(F)cc3)C2c2ccc(O)cc2)cc1)S(C)(=O)=O. The summed E-state index contributed by atoms with van der Waals surface area (Å²) in [6.07, 6.45) is 1.06. The zero-order valence-electron chi connectivity index (χ0n) is 21.1. The third kappa shape index (κ3) is 6.22. The van der Waals surface area contributed by atoms with Gasteiger partial charge in [-0.25, -0.2) is 12.8 Å². The molecule has 0 bridgehead atoms. The van der Waals surface area contributed by atoms with Gasteiger partial charge in [0, 0.05) is 18.3 Å². The smallest absolute Gasteiger partial charge is 0.233 e. The molecule has 1 aliphatic rings. The van der Waals surface area contributed by atoms with Crippen molar-refractivity contribution in [3.8, 4) is 17.6 Å². The Morgan fingerprint density at radius 2 is 1.66 bits per heavy atom. The zero-order chi connectivity index (χ0) is 27.4. The summed E-state index contributed by atoms with van der Waals surface area (Å²) >= 11 is 0. The van der Waals surface area contributed by atoms with Crippen molar-refractivity contribution in [2.24, 2.45) is 5.92 Å². The Balaban J connectivity index is 1.50. The highest BCUT2D eigenvalue weighted by Crippen LogP contribution is 2.46. The van der Waals surface area contributed by atoms with Crippen LogP contribution in [-0.4, -0.2) is 48.7 Å². The standard InChI is InChI=1S/C29H29FN2O5S/c1-31(38(2,36)37)19-3-4-20-5-13-24(14-6-20)32-28(22-9-15-25(33)16-10-22)26(29(32)35)17-18-27(34)21-7-11-23(30)12-8-21/h5-16,26-28,33-34H,17-19H2,1-2H3/t26-,27+,28?/m1/s1. The van der Waals surface area contributed by atoms with E-state index in [0.29, 0.717) is 29.7 Å². The molecule has 0 spiro atoms. The van der Waals surface area contributed by atoms with Gasteiger partial charge in [-0.15, -0.1) is 0 Å².